The number of nitrogens with zero attached hydrogens (tertiary/aromatic N) is 2. The van der Waals surface area contributed by atoms with Crippen LogP contribution in [0.5, 0.6) is 0 Å². The number of hydrogen-bond donors (Lipinski definition) is 2. The van der Waals surface area contributed by atoms with Crippen molar-refractivity contribution >= 4 is 51.8 Å². The number of alkyl carbamates (subject to hydrolysis) is 1. The molecule has 3 rings (SSSR count). The molecule has 2 aromatic rings. The van der Waals surface area contributed by atoms with Gasteiger partial charge in [-0.15, -0.1) is 10.2 Å². The van der Waals surface area contributed by atoms with Crippen LogP contribution in [0.2, 0.25) is 5.02 Å². The lowest BCUT2D eigenvalue weighted by molar-refractivity contribution is -0.149. The van der Waals surface area contributed by atoms with Crippen LogP contribution in [0.25, 0.3) is 10.9 Å². The molecule has 10 heteroatoms. The highest BCUT2D eigenvalue weighted by Gasteiger charge is 2.37. The maximum atomic E-state index is 12.5. The van der Waals surface area contributed by atoms with Gasteiger partial charge in [-0.05, 0) is 65.2 Å². The first-order valence-corrected chi connectivity index (χ1v) is 11.7. The molecule has 1 saturated carbocycles. The van der Waals surface area contributed by atoms with E-state index >= 15 is 0 Å². The maximum absolute atomic E-state index is 12.5. The Morgan fingerprint density at radius 2 is 1.91 bits per heavy atom. The standard InChI is InChI=1S/C23H29ClN4O4S/c1-5-31-21(29)14-7-9-16(18(11-14)26-22(30)32-23(2,3)4)25-20(33)19-10-13-6-8-15(24)12-17(13)27-28-19/h6,8,10,12,14,16,18H,5,7,9,11H2,1-4H3,(H,25,33)(H,26,30). The quantitative estimate of drug-likeness (QED) is 0.473. The number of nitrogens with one attached hydrogen (secondary N) is 2. The highest BCUT2D eigenvalue weighted by Crippen LogP contribution is 2.27. The minimum atomic E-state index is -0.638. The molecular formula is C23H29ClN4O4S. The minimum absolute atomic E-state index is 0.210. The molecule has 1 aliphatic carbocycles. The number of aromatic nitrogens is 2. The molecule has 33 heavy (non-hydrogen) atoms. The van der Waals surface area contributed by atoms with Crippen molar-refractivity contribution in [1.82, 2.24) is 20.8 Å². The smallest absolute Gasteiger partial charge is 0.407 e. The van der Waals surface area contributed by atoms with E-state index in [0.717, 1.165) is 5.39 Å². The Kier molecular flexibility index (Phi) is 8.07. The van der Waals surface area contributed by atoms with E-state index in [1.165, 1.54) is 0 Å². The van der Waals surface area contributed by atoms with Crippen LogP contribution in [-0.2, 0) is 14.3 Å². The van der Waals surface area contributed by atoms with Crippen LogP contribution >= 0.6 is 23.8 Å². The Bertz CT molecular complexity index is 1040. The number of amides is 1. The molecular weight excluding hydrogens is 464 g/mol. The first-order valence-electron chi connectivity index (χ1n) is 11.0. The zero-order chi connectivity index (χ0) is 24.2. The van der Waals surface area contributed by atoms with Gasteiger partial charge in [-0.2, -0.15) is 0 Å². The number of fused-ring (bicyclic) bond motifs is 1. The van der Waals surface area contributed by atoms with Crippen molar-refractivity contribution in [3.05, 3.63) is 35.0 Å². The Morgan fingerprint density at radius 3 is 2.61 bits per heavy atom. The van der Waals surface area contributed by atoms with Crippen molar-refractivity contribution in [2.45, 2.75) is 64.6 Å². The third-order valence-corrected chi connectivity index (χ3v) is 5.83. The molecule has 1 heterocycles. The molecule has 2 N–H and O–H groups in total. The van der Waals surface area contributed by atoms with Crippen LogP contribution in [0, 0.1) is 5.92 Å². The molecule has 3 unspecified atom stereocenters. The Balaban J connectivity index is 1.75. The van der Waals surface area contributed by atoms with Crippen LogP contribution in [0.1, 0.15) is 52.7 Å². The summed E-state index contributed by atoms with van der Waals surface area (Å²) in [5.41, 5.74) is 0.554. The minimum Gasteiger partial charge on any atom is -0.466 e. The van der Waals surface area contributed by atoms with E-state index < -0.39 is 11.7 Å². The lowest BCUT2D eigenvalue weighted by Crippen LogP contribution is -2.56. The number of benzene rings is 1. The molecule has 8 nitrogen and oxygen atoms in total. The van der Waals surface area contributed by atoms with Crippen LogP contribution in [0.3, 0.4) is 0 Å². The third-order valence-electron chi connectivity index (χ3n) is 5.27. The second-order valence-electron chi connectivity index (χ2n) is 9.03. The van der Waals surface area contributed by atoms with E-state index in [1.807, 2.05) is 12.1 Å². The van der Waals surface area contributed by atoms with Crippen molar-refractivity contribution in [1.29, 1.82) is 0 Å². The lowest BCUT2D eigenvalue weighted by Gasteiger charge is -2.36. The average Bonchev–Trinajstić information content (AvgIpc) is 2.73. The molecule has 3 atom stereocenters. The van der Waals surface area contributed by atoms with Gasteiger partial charge in [0, 0.05) is 16.5 Å². The summed E-state index contributed by atoms with van der Waals surface area (Å²) in [5, 5.41) is 16.1. The summed E-state index contributed by atoms with van der Waals surface area (Å²) in [6.45, 7) is 7.48. The molecule has 1 aromatic heterocycles. The summed E-state index contributed by atoms with van der Waals surface area (Å²) in [4.78, 5) is 25.2. The molecule has 0 saturated heterocycles. The van der Waals surface area contributed by atoms with Gasteiger partial charge in [-0.25, -0.2) is 4.79 Å². The highest BCUT2D eigenvalue weighted by molar-refractivity contribution is 7.80. The highest BCUT2D eigenvalue weighted by atomic mass is 35.5. The van der Waals surface area contributed by atoms with E-state index in [2.05, 4.69) is 20.8 Å². The van der Waals surface area contributed by atoms with Gasteiger partial charge in [-0.1, -0.05) is 29.9 Å². The number of thiocarbonyl (C=S) groups is 1. The number of carbonyl (C=O) groups excluding carboxylic acids is 2. The van der Waals surface area contributed by atoms with E-state index in [1.54, 1.807) is 39.8 Å². The summed E-state index contributed by atoms with van der Waals surface area (Å²) in [6, 6.07) is 6.63. The fraction of sp³-hybridized carbons (Fsp3) is 0.522. The van der Waals surface area contributed by atoms with Gasteiger partial charge in [-0.3, -0.25) is 4.79 Å². The van der Waals surface area contributed by atoms with Crippen molar-refractivity contribution in [2.24, 2.45) is 5.92 Å². The number of ether oxygens (including phenoxy) is 2. The van der Waals surface area contributed by atoms with Gasteiger partial charge in [0.15, 0.2) is 0 Å². The fourth-order valence-electron chi connectivity index (χ4n) is 3.80. The van der Waals surface area contributed by atoms with Crippen LogP contribution in [0.15, 0.2) is 24.3 Å². The number of carbonyl (C=O) groups is 2. The molecule has 1 amide bonds. The van der Waals surface area contributed by atoms with Gasteiger partial charge in [0.1, 0.15) is 16.3 Å². The third kappa shape index (κ3) is 6.98. The first kappa shape index (κ1) is 25.1. The largest absolute Gasteiger partial charge is 0.466 e. The van der Waals surface area contributed by atoms with Gasteiger partial charge in [0.05, 0.1) is 24.1 Å². The zero-order valence-electron chi connectivity index (χ0n) is 19.2. The topological polar surface area (TPSA) is 102 Å². The van der Waals surface area contributed by atoms with Crippen molar-refractivity contribution < 1.29 is 19.1 Å². The number of esters is 1. The monoisotopic (exact) mass is 492 g/mol. The molecule has 0 radical (unpaired) electrons. The average molecular weight is 493 g/mol. The second kappa shape index (κ2) is 10.6. The van der Waals surface area contributed by atoms with Gasteiger partial charge in [0.25, 0.3) is 0 Å². The second-order valence-corrected chi connectivity index (χ2v) is 9.87. The molecule has 1 aromatic carbocycles. The number of hydrogen-bond acceptors (Lipinski definition) is 7. The predicted octanol–water partition coefficient (Wildman–Crippen LogP) is 4.17. The molecule has 0 bridgehead atoms. The first-order chi connectivity index (χ1) is 15.6. The van der Waals surface area contributed by atoms with E-state index in [0.29, 0.717) is 47.1 Å². The Hall–Kier alpha value is -2.52. The van der Waals surface area contributed by atoms with Gasteiger partial charge < -0.3 is 20.1 Å². The van der Waals surface area contributed by atoms with E-state index in [4.69, 9.17) is 33.3 Å². The summed E-state index contributed by atoms with van der Waals surface area (Å²) in [6.07, 6.45) is 1.10. The van der Waals surface area contributed by atoms with Crippen LogP contribution in [-0.4, -0.2) is 51.5 Å². The van der Waals surface area contributed by atoms with Crippen LogP contribution < -0.4 is 10.6 Å². The van der Waals surface area contributed by atoms with E-state index in [9.17, 15) is 9.59 Å². The van der Waals surface area contributed by atoms with E-state index in [-0.39, 0.29) is 24.0 Å². The summed E-state index contributed by atoms with van der Waals surface area (Å²) >= 11 is 11.6. The zero-order valence-corrected chi connectivity index (χ0v) is 20.8. The molecule has 0 spiro atoms. The van der Waals surface area contributed by atoms with Crippen molar-refractivity contribution in [2.75, 3.05) is 6.61 Å². The maximum Gasteiger partial charge on any atom is 0.407 e. The predicted molar refractivity (Wildman–Crippen MR) is 130 cm³/mol. The molecule has 1 fully saturated rings. The lowest BCUT2D eigenvalue weighted by atomic mass is 9.82. The Morgan fingerprint density at radius 1 is 1.15 bits per heavy atom. The number of halogens is 1. The molecule has 1 aliphatic rings. The van der Waals surface area contributed by atoms with Crippen LogP contribution in [0.4, 0.5) is 4.79 Å². The van der Waals surface area contributed by atoms with Gasteiger partial charge >= 0.3 is 12.1 Å². The number of rotatable bonds is 5. The summed E-state index contributed by atoms with van der Waals surface area (Å²) in [5.74, 6) is -0.560. The van der Waals surface area contributed by atoms with Crippen molar-refractivity contribution in [3.8, 4) is 0 Å². The molecule has 178 valence electrons. The Labute approximate surface area is 203 Å². The molecule has 0 aliphatic heterocycles. The SMILES string of the molecule is CCOC(=O)C1CCC(NC(=S)c2cc3ccc(Cl)cc3nn2)C(NC(=O)OC(C)(C)C)C1. The normalized spacial score (nSPS) is 20.7. The summed E-state index contributed by atoms with van der Waals surface area (Å²) < 4.78 is 10.6. The van der Waals surface area contributed by atoms with Crippen molar-refractivity contribution in [3.63, 3.8) is 0 Å². The summed E-state index contributed by atoms with van der Waals surface area (Å²) in [7, 11) is 0. The van der Waals surface area contributed by atoms with Gasteiger partial charge in [0.2, 0.25) is 0 Å². The fourth-order valence-corrected chi connectivity index (χ4v) is 4.22.